The molecule has 0 saturated heterocycles. The topological polar surface area (TPSA) is 32.3 Å². The highest BCUT2D eigenvalue weighted by Crippen LogP contribution is 2.52. The molecule has 0 amide bonds. The summed E-state index contributed by atoms with van der Waals surface area (Å²) in [5, 5.41) is 13.4. The Bertz CT molecular complexity index is 433. The maximum Gasteiger partial charge on any atom is 0.119 e. The first-order valence-electron chi connectivity index (χ1n) is 5.67. The molecule has 1 aliphatic heterocycles. The average Bonchev–Trinajstić information content (AvgIpc) is 2.94. The van der Waals surface area contributed by atoms with Crippen LogP contribution < -0.4 is 5.32 Å². The zero-order valence-electron chi connectivity index (χ0n) is 9.35. The molecular formula is C13H17NO. The van der Waals surface area contributed by atoms with E-state index in [1.807, 2.05) is 13.0 Å². The van der Waals surface area contributed by atoms with Gasteiger partial charge in [0.15, 0.2) is 0 Å². The monoisotopic (exact) mass is 203 g/mol. The highest BCUT2D eigenvalue weighted by molar-refractivity contribution is 5.65. The second-order valence-corrected chi connectivity index (χ2v) is 5.21. The van der Waals surface area contributed by atoms with Crippen molar-refractivity contribution in [1.82, 2.24) is 0 Å². The van der Waals surface area contributed by atoms with E-state index in [-0.39, 0.29) is 0 Å². The fraction of sp³-hybridized carbons (Fsp3) is 0.538. The molecule has 2 N–H and O–H groups in total. The van der Waals surface area contributed by atoms with Crippen LogP contribution in [0.1, 0.15) is 29.5 Å². The number of aromatic hydroxyl groups is 1. The normalized spacial score (nSPS) is 20.9. The summed E-state index contributed by atoms with van der Waals surface area (Å²) >= 11 is 0. The number of hydrogen-bond acceptors (Lipinski definition) is 2. The number of nitrogens with one attached hydrogen (secondary N) is 1. The molecule has 2 heteroatoms. The molecule has 0 aromatic heterocycles. The Kier molecular flexibility index (Phi) is 1.63. The minimum atomic E-state index is 0.450. The van der Waals surface area contributed by atoms with Gasteiger partial charge >= 0.3 is 0 Å². The van der Waals surface area contributed by atoms with Gasteiger partial charge in [-0.15, -0.1) is 0 Å². The fourth-order valence-corrected chi connectivity index (χ4v) is 2.62. The summed E-state index contributed by atoms with van der Waals surface area (Å²) in [6, 6.07) is 1.95. The van der Waals surface area contributed by atoms with Gasteiger partial charge in [-0.25, -0.2) is 0 Å². The number of rotatable bonds is 0. The quantitative estimate of drug-likeness (QED) is 0.635. The van der Waals surface area contributed by atoms with Crippen LogP contribution >= 0.6 is 0 Å². The predicted octanol–water partition coefficient (Wildman–Crippen LogP) is 2.76. The molecule has 1 spiro atoms. The summed E-state index contributed by atoms with van der Waals surface area (Å²) in [7, 11) is 0. The van der Waals surface area contributed by atoms with Crippen molar-refractivity contribution in [2.75, 3.05) is 11.9 Å². The van der Waals surface area contributed by atoms with Crippen molar-refractivity contribution in [1.29, 1.82) is 0 Å². The lowest BCUT2D eigenvalue weighted by molar-refractivity contribution is 0.465. The molecular weight excluding hydrogens is 186 g/mol. The van der Waals surface area contributed by atoms with Crippen LogP contribution in [0.25, 0.3) is 0 Å². The molecule has 2 nitrogen and oxygen atoms in total. The van der Waals surface area contributed by atoms with Crippen LogP contribution in [0.4, 0.5) is 5.69 Å². The lowest BCUT2D eigenvalue weighted by atomic mass is 9.88. The van der Waals surface area contributed by atoms with Crippen LogP contribution in [0.15, 0.2) is 6.07 Å². The third-order valence-electron chi connectivity index (χ3n) is 4.12. The zero-order valence-corrected chi connectivity index (χ0v) is 9.35. The Balaban J connectivity index is 2.11. The predicted molar refractivity (Wildman–Crippen MR) is 61.4 cm³/mol. The summed E-state index contributed by atoms with van der Waals surface area (Å²) in [4.78, 5) is 0. The maximum atomic E-state index is 9.82. The minimum absolute atomic E-state index is 0.450. The zero-order chi connectivity index (χ0) is 10.6. The Morgan fingerprint density at radius 3 is 2.67 bits per heavy atom. The third-order valence-corrected chi connectivity index (χ3v) is 4.12. The summed E-state index contributed by atoms with van der Waals surface area (Å²) in [5.74, 6) is 0.450. The van der Waals surface area contributed by atoms with Gasteiger partial charge in [-0.05, 0) is 61.3 Å². The summed E-state index contributed by atoms with van der Waals surface area (Å²) in [5.41, 5.74) is 5.32. The summed E-state index contributed by atoms with van der Waals surface area (Å²) < 4.78 is 0. The number of benzene rings is 1. The van der Waals surface area contributed by atoms with Crippen molar-refractivity contribution in [3.8, 4) is 5.75 Å². The van der Waals surface area contributed by atoms with Gasteiger partial charge in [-0.3, -0.25) is 0 Å². The number of phenolic OH excluding ortho intramolecular Hbond substituents is 1. The van der Waals surface area contributed by atoms with Crippen LogP contribution in [-0.4, -0.2) is 11.7 Å². The Hall–Kier alpha value is -1.18. The van der Waals surface area contributed by atoms with Gasteiger partial charge in [-0.2, -0.15) is 0 Å². The van der Waals surface area contributed by atoms with Crippen LogP contribution in [0, 0.1) is 19.3 Å². The van der Waals surface area contributed by atoms with Crippen molar-refractivity contribution in [3.05, 3.63) is 22.8 Å². The van der Waals surface area contributed by atoms with Gasteiger partial charge in [0.25, 0.3) is 0 Å². The molecule has 1 aliphatic carbocycles. The van der Waals surface area contributed by atoms with E-state index in [1.165, 1.54) is 29.7 Å². The molecule has 1 heterocycles. The Morgan fingerprint density at radius 1 is 1.27 bits per heavy atom. The van der Waals surface area contributed by atoms with E-state index in [9.17, 15) is 5.11 Å². The van der Waals surface area contributed by atoms with Crippen molar-refractivity contribution in [3.63, 3.8) is 0 Å². The van der Waals surface area contributed by atoms with Gasteiger partial charge in [0.2, 0.25) is 0 Å². The molecule has 0 atom stereocenters. The van der Waals surface area contributed by atoms with Crippen molar-refractivity contribution < 1.29 is 5.11 Å². The molecule has 3 rings (SSSR count). The Labute approximate surface area is 90.3 Å². The largest absolute Gasteiger partial charge is 0.508 e. The van der Waals surface area contributed by atoms with E-state index < -0.39 is 0 Å². The number of anilines is 1. The van der Waals surface area contributed by atoms with Crippen LogP contribution in [-0.2, 0) is 6.42 Å². The van der Waals surface area contributed by atoms with E-state index in [0.717, 1.165) is 18.5 Å². The van der Waals surface area contributed by atoms with Gasteiger partial charge in [0.05, 0.1) is 0 Å². The molecule has 0 unspecified atom stereocenters. The number of phenols is 1. The third kappa shape index (κ3) is 1.24. The number of hydrogen-bond donors (Lipinski definition) is 2. The maximum absolute atomic E-state index is 9.82. The van der Waals surface area contributed by atoms with Crippen LogP contribution in [0.3, 0.4) is 0 Å². The first-order valence-corrected chi connectivity index (χ1v) is 5.67. The molecule has 0 radical (unpaired) electrons. The molecule has 1 fully saturated rings. The van der Waals surface area contributed by atoms with E-state index in [2.05, 4.69) is 12.2 Å². The van der Waals surface area contributed by atoms with Crippen LogP contribution in [0.2, 0.25) is 0 Å². The second-order valence-electron chi connectivity index (χ2n) is 5.21. The SMILES string of the molecule is Cc1c(O)cc2c(c1C)NCC1(CC1)C2. The molecule has 80 valence electrons. The average molecular weight is 203 g/mol. The van der Waals surface area contributed by atoms with E-state index in [0.29, 0.717) is 11.2 Å². The highest BCUT2D eigenvalue weighted by Gasteiger charge is 2.45. The molecule has 1 saturated carbocycles. The van der Waals surface area contributed by atoms with Crippen molar-refractivity contribution in [2.24, 2.45) is 5.41 Å². The molecule has 1 aromatic rings. The van der Waals surface area contributed by atoms with Crippen molar-refractivity contribution >= 4 is 5.69 Å². The first-order chi connectivity index (χ1) is 7.11. The van der Waals surface area contributed by atoms with Crippen molar-refractivity contribution in [2.45, 2.75) is 33.1 Å². The standard InChI is InChI=1S/C13H17NO/c1-8-9(2)12-10(5-11(8)15)6-13(3-4-13)7-14-12/h5,14-15H,3-4,6-7H2,1-2H3. The molecule has 2 aliphatic rings. The fourth-order valence-electron chi connectivity index (χ4n) is 2.62. The van der Waals surface area contributed by atoms with Gasteiger partial charge < -0.3 is 10.4 Å². The van der Waals surface area contributed by atoms with E-state index >= 15 is 0 Å². The molecule has 15 heavy (non-hydrogen) atoms. The van der Waals surface area contributed by atoms with Gasteiger partial charge in [-0.1, -0.05) is 0 Å². The second kappa shape index (κ2) is 2.69. The highest BCUT2D eigenvalue weighted by atomic mass is 16.3. The summed E-state index contributed by atoms with van der Waals surface area (Å²) in [6.07, 6.45) is 3.82. The minimum Gasteiger partial charge on any atom is -0.508 e. The van der Waals surface area contributed by atoms with Gasteiger partial charge in [0, 0.05) is 12.2 Å². The number of fused-ring (bicyclic) bond motifs is 1. The summed E-state index contributed by atoms with van der Waals surface area (Å²) in [6.45, 7) is 5.19. The van der Waals surface area contributed by atoms with Gasteiger partial charge in [0.1, 0.15) is 5.75 Å². The lowest BCUT2D eigenvalue weighted by Crippen LogP contribution is -2.25. The van der Waals surface area contributed by atoms with E-state index in [1.54, 1.807) is 0 Å². The van der Waals surface area contributed by atoms with Crippen LogP contribution in [0.5, 0.6) is 5.75 Å². The van der Waals surface area contributed by atoms with E-state index in [4.69, 9.17) is 0 Å². The lowest BCUT2D eigenvalue weighted by Gasteiger charge is -2.28. The molecule has 1 aromatic carbocycles. The first kappa shape index (κ1) is 9.08. The Morgan fingerprint density at radius 2 is 2.00 bits per heavy atom. The molecule has 0 bridgehead atoms. The smallest absolute Gasteiger partial charge is 0.119 e.